The van der Waals surface area contributed by atoms with Gasteiger partial charge in [0.05, 0.1) is 23.2 Å². The largest absolute Gasteiger partial charge is 0.372 e. The van der Waals surface area contributed by atoms with Crippen LogP contribution >= 0.6 is 0 Å². The summed E-state index contributed by atoms with van der Waals surface area (Å²) in [5.41, 5.74) is 1.47. The fraction of sp³-hybridized carbons (Fsp3) is 0.636. The molecule has 166 valence electrons. The van der Waals surface area contributed by atoms with E-state index in [0.29, 0.717) is 25.2 Å². The van der Waals surface area contributed by atoms with Crippen molar-refractivity contribution in [1.82, 2.24) is 10.2 Å². The number of hydrogen-bond acceptors (Lipinski definition) is 5. The molecule has 1 aromatic carbocycles. The van der Waals surface area contributed by atoms with Crippen molar-refractivity contribution in [3.8, 4) is 0 Å². The lowest BCUT2D eigenvalue weighted by Crippen LogP contribution is -2.48. The summed E-state index contributed by atoms with van der Waals surface area (Å²) in [7, 11) is -3.18. The van der Waals surface area contributed by atoms with Gasteiger partial charge in [0.1, 0.15) is 0 Å². The van der Waals surface area contributed by atoms with Crippen LogP contribution in [0.25, 0.3) is 0 Å². The van der Waals surface area contributed by atoms with E-state index in [2.05, 4.69) is 5.32 Å². The van der Waals surface area contributed by atoms with E-state index in [-0.39, 0.29) is 41.4 Å². The highest BCUT2D eigenvalue weighted by Crippen LogP contribution is 2.25. The Balaban J connectivity index is 1.46. The molecule has 0 bridgehead atoms. The van der Waals surface area contributed by atoms with Crippen LogP contribution in [0.1, 0.15) is 61.9 Å². The van der Waals surface area contributed by atoms with Gasteiger partial charge in [-0.2, -0.15) is 0 Å². The fourth-order valence-electron chi connectivity index (χ4n) is 4.23. The average Bonchev–Trinajstić information content (AvgIpc) is 3.26. The van der Waals surface area contributed by atoms with Crippen LogP contribution < -0.4 is 5.32 Å². The van der Waals surface area contributed by atoms with Gasteiger partial charge in [0.2, 0.25) is 5.91 Å². The molecule has 1 saturated heterocycles. The van der Waals surface area contributed by atoms with Crippen molar-refractivity contribution < 1.29 is 22.7 Å². The summed E-state index contributed by atoms with van der Waals surface area (Å²) in [5, 5.41) is 2.50. The minimum atomic E-state index is -3.18. The molecule has 1 aliphatic carbocycles. The highest BCUT2D eigenvalue weighted by atomic mass is 32.2. The Morgan fingerprint density at radius 2 is 1.67 bits per heavy atom. The molecular weight excluding hydrogens is 404 g/mol. The fourth-order valence-corrected chi connectivity index (χ4v) is 6.08. The number of carbonyl (C=O) groups is 2. The van der Waals surface area contributed by atoms with E-state index < -0.39 is 9.84 Å². The molecule has 1 saturated carbocycles. The molecule has 0 radical (unpaired) electrons. The molecule has 0 aromatic heterocycles. The summed E-state index contributed by atoms with van der Waals surface area (Å²) in [5.74, 6) is -0.384. The maximum Gasteiger partial charge on any atom is 0.254 e. The topological polar surface area (TPSA) is 92.8 Å². The van der Waals surface area contributed by atoms with Gasteiger partial charge in [-0.3, -0.25) is 9.59 Å². The number of carbonyl (C=O) groups excluding carboxylic acids is 2. The predicted molar refractivity (Wildman–Crippen MR) is 115 cm³/mol. The molecule has 8 heteroatoms. The van der Waals surface area contributed by atoms with E-state index in [1.165, 1.54) is 0 Å². The first-order valence-electron chi connectivity index (χ1n) is 10.8. The zero-order chi connectivity index (χ0) is 21.7. The third kappa shape index (κ3) is 6.04. The van der Waals surface area contributed by atoms with Crippen molar-refractivity contribution in [2.24, 2.45) is 0 Å². The van der Waals surface area contributed by atoms with Crippen molar-refractivity contribution in [1.29, 1.82) is 0 Å². The Labute approximate surface area is 179 Å². The molecule has 2 atom stereocenters. The van der Waals surface area contributed by atoms with E-state index >= 15 is 0 Å². The van der Waals surface area contributed by atoms with E-state index in [0.717, 1.165) is 31.2 Å². The number of hydrogen-bond donors (Lipinski definition) is 1. The van der Waals surface area contributed by atoms with Crippen LogP contribution in [0.3, 0.4) is 0 Å². The molecule has 1 heterocycles. The molecule has 0 spiro atoms. The number of ether oxygens (including phenoxy) is 1. The second kappa shape index (κ2) is 9.92. The molecule has 7 nitrogen and oxygen atoms in total. The predicted octanol–water partition coefficient (Wildman–Crippen LogP) is 2.30. The van der Waals surface area contributed by atoms with Gasteiger partial charge in [0.15, 0.2) is 9.84 Å². The highest BCUT2D eigenvalue weighted by molar-refractivity contribution is 7.92. The zero-order valence-corrected chi connectivity index (χ0v) is 18.6. The van der Waals surface area contributed by atoms with Gasteiger partial charge in [0, 0.05) is 31.6 Å². The molecular formula is C22H32N2O5S. The Bertz CT molecular complexity index is 837. The first-order chi connectivity index (χ1) is 14.2. The number of morpholine rings is 1. The van der Waals surface area contributed by atoms with Crippen LogP contribution in [0.15, 0.2) is 24.3 Å². The quantitative estimate of drug-likeness (QED) is 0.708. The lowest BCUT2D eigenvalue weighted by Gasteiger charge is -2.35. The number of amides is 2. The van der Waals surface area contributed by atoms with Crippen molar-refractivity contribution in [3.63, 3.8) is 0 Å². The number of nitrogens with zero attached hydrogens (tertiary/aromatic N) is 1. The van der Waals surface area contributed by atoms with Crippen LogP contribution in [-0.2, 0) is 25.9 Å². The minimum absolute atomic E-state index is 0.0111. The Morgan fingerprint density at radius 1 is 1.07 bits per heavy atom. The summed E-state index contributed by atoms with van der Waals surface area (Å²) in [6.07, 6.45) is 3.38. The molecule has 2 amide bonds. The second-order valence-electron chi connectivity index (χ2n) is 8.46. The summed E-state index contributed by atoms with van der Waals surface area (Å²) in [6.45, 7) is 5.37. The standard InChI is InChI=1S/C22H32N2O5S/c1-16-14-24(15-17(2)29-16)22(26)19-9-7-18(8-10-19)13-23-21(25)11-12-30(27,28)20-5-3-4-6-20/h7-10,16-17,20H,3-6,11-15H2,1-2H3,(H,23,25). The van der Waals surface area contributed by atoms with Crippen LogP contribution in [0.5, 0.6) is 0 Å². The van der Waals surface area contributed by atoms with Crippen LogP contribution in [0.2, 0.25) is 0 Å². The monoisotopic (exact) mass is 436 g/mol. The minimum Gasteiger partial charge on any atom is -0.372 e. The van der Waals surface area contributed by atoms with Gasteiger partial charge in [-0.25, -0.2) is 8.42 Å². The van der Waals surface area contributed by atoms with Gasteiger partial charge < -0.3 is 15.0 Å². The Hall–Kier alpha value is -1.93. The number of sulfone groups is 1. The number of benzene rings is 1. The molecule has 3 rings (SSSR count). The van der Waals surface area contributed by atoms with Gasteiger partial charge in [-0.05, 0) is 44.4 Å². The summed E-state index contributed by atoms with van der Waals surface area (Å²) in [6, 6.07) is 7.16. The third-order valence-electron chi connectivity index (χ3n) is 5.82. The van der Waals surface area contributed by atoms with Crippen LogP contribution in [0, 0.1) is 0 Å². The third-order valence-corrected chi connectivity index (χ3v) is 8.08. The van der Waals surface area contributed by atoms with Crippen LogP contribution in [0.4, 0.5) is 0 Å². The first-order valence-corrected chi connectivity index (χ1v) is 12.5. The molecule has 2 aliphatic rings. The summed E-state index contributed by atoms with van der Waals surface area (Å²) >= 11 is 0. The molecule has 30 heavy (non-hydrogen) atoms. The van der Waals surface area contributed by atoms with Gasteiger partial charge >= 0.3 is 0 Å². The van der Waals surface area contributed by atoms with Gasteiger partial charge in [-0.15, -0.1) is 0 Å². The maximum absolute atomic E-state index is 12.7. The van der Waals surface area contributed by atoms with Crippen molar-refractivity contribution in [3.05, 3.63) is 35.4 Å². The van der Waals surface area contributed by atoms with Crippen molar-refractivity contribution >= 4 is 21.7 Å². The Kier molecular flexibility index (Phi) is 7.52. The number of nitrogens with one attached hydrogen (secondary N) is 1. The van der Waals surface area contributed by atoms with Crippen molar-refractivity contribution in [2.45, 2.75) is 70.0 Å². The molecule has 1 aliphatic heterocycles. The molecule has 1 N–H and O–H groups in total. The second-order valence-corrected chi connectivity index (χ2v) is 10.9. The first kappa shape index (κ1) is 22.7. The molecule has 1 aromatic rings. The highest BCUT2D eigenvalue weighted by Gasteiger charge is 2.29. The van der Waals surface area contributed by atoms with Crippen molar-refractivity contribution in [2.75, 3.05) is 18.8 Å². The molecule has 2 fully saturated rings. The Morgan fingerprint density at radius 3 is 2.27 bits per heavy atom. The van der Waals surface area contributed by atoms with E-state index in [1.54, 1.807) is 17.0 Å². The average molecular weight is 437 g/mol. The van der Waals surface area contributed by atoms with Gasteiger partial charge in [-0.1, -0.05) is 25.0 Å². The SMILES string of the molecule is CC1CN(C(=O)c2ccc(CNC(=O)CCS(=O)(=O)C3CCCC3)cc2)CC(C)O1. The van der Waals surface area contributed by atoms with E-state index in [9.17, 15) is 18.0 Å². The maximum atomic E-state index is 12.7. The zero-order valence-electron chi connectivity index (χ0n) is 17.8. The van der Waals surface area contributed by atoms with E-state index in [4.69, 9.17) is 4.74 Å². The molecule has 2 unspecified atom stereocenters. The van der Waals surface area contributed by atoms with Gasteiger partial charge in [0.25, 0.3) is 5.91 Å². The number of rotatable bonds is 7. The summed E-state index contributed by atoms with van der Waals surface area (Å²) in [4.78, 5) is 26.6. The lowest BCUT2D eigenvalue weighted by atomic mass is 10.1. The van der Waals surface area contributed by atoms with E-state index in [1.807, 2.05) is 26.0 Å². The normalized spacial score (nSPS) is 22.8. The van der Waals surface area contributed by atoms with Crippen LogP contribution in [-0.4, -0.2) is 61.4 Å². The smallest absolute Gasteiger partial charge is 0.254 e. The summed E-state index contributed by atoms with van der Waals surface area (Å²) < 4.78 is 30.2. The lowest BCUT2D eigenvalue weighted by molar-refractivity contribution is -0.120.